The third-order valence-electron chi connectivity index (χ3n) is 4.46. The molecule has 3 amide bonds. The Morgan fingerprint density at radius 2 is 1.63 bits per heavy atom. The number of aromatic nitrogens is 1. The molecule has 7 nitrogen and oxygen atoms in total. The van der Waals surface area contributed by atoms with Crippen LogP contribution < -0.4 is 20.7 Å². The Bertz CT molecular complexity index is 947. The molecule has 3 N–H and O–H groups in total. The molecule has 3 aromatic rings. The van der Waals surface area contributed by atoms with Gasteiger partial charge in [-0.05, 0) is 35.4 Å². The summed E-state index contributed by atoms with van der Waals surface area (Å²) in [6.45, 7) is 0.333. The van der Waals surface area contributed by atoms with E-state index in [4.69, 9.17) is 4.74 Å². The molecule has 1 atom stereocenters. The van der Waals surface area contributed by atoms with Crippen molar-refractivity contribution in [1.82, 2.24) is 15.6 Å². The first kappa shape index (κ1) is 20.9. The number of benzene rings is 2. The highest BCUT2D eigenvalue weighted by Crippen LogP contribution is 2.11. The van der Waals surface area contributed by atoms with E-state index >= 15 is 0 Å². The zero-order valence-corrected chi connectivity index (χ0v) is 16.7. The van der Waals surface area contributed by atoms with Crippen molar-refractivity contribution in [2.45, 2.75) is 19.0 Å². The van der Waals surface area contributed by atoms with Gasteiger partial charge in [-0.2, -0.15) is 0 Å². The second kappa shape index (κ2) is 10.6. The van der Waals surface area contributed by atoms with Crippen molar-refractivity contribution >= 4 is 17.6 Å². The van der Waals surface area contributed by atoms with Crippen LogP contribution in [0.4, 0.5) is 10.5 Å². The van der Waals surface area contributed by atoms with E-state index in [9.17, 15) is 9.59 Å². The van der Waals surface area contributed by atoms with E-state index in [2.05, 4.69) is 20.9 Å². The Hall–Kier alpha value is -3.87. The second-order valence-electron chi connectivity index (χ2n) is 6.64. The number of ether oxygens (including phenoxy) is 1. The normalized spacial score (nSPS) is 11.2. The Morgan fingerprint density at radius 1 is 0.933 bits per heavy atom. The minimum atomic E-state index is -0.739. The van der Waals surface area contributed by atoms with Gasteiger partial charge in [0.2, 0.25) is 5.91 Å². The molecule has 0 saturated heterocycles. The topological polar surface area (TPSA) is 92.4 Å². The maximum absolute atomic E-state index is 12.8. The van der Waals surface area contributed by atoms with Crippen LogP contribution in [0.3, 0.4) is 0 Å². The molecule has 0 unspecified atom stereocenters. The van der Waals surface area contributed by atoms with E-state index in [1.807, 2.05) is 54.6 Å². The summed E-state index contributed by atoms with van der Waals surface area (Å²) in [7, 11) is 1.60. The number of carbonyl (C=O) groups is 2. The van der Waals surface area contributed by atoms with Crippen LogP contribution in [0, 0.1) is 0 Å². The number of hydrogen-bond donors (Lipinski definition) is 3. The van der Waals surface area contributed by atoms with Gasteiger partial charge in [0.05, 0.1) is 7.11 Å². The highest BCUT2D eigenvalue weighted by molar-refractivity contribution is 5.97. The van der Waals surface area contributed by atoms with Gasteiger partial charge in [0.25, 0.3) is 0 Å². The van der Waals surface area contributed by atoms with E-state index in [0.29, 0.717) is 18.7 Å². The zero-order chi connectivity index (χ0) is 21.2. The Morgan fingerprint density at radius 3 is 2.30 bits per heavy atom. The smallest absolute Gasteiger partial charge is 0.315 e. The van der Waals surface area contributed by atoms with Crippen LogP contribution in [0.2, 0.25) is 0 Å². The summed E-state index contributed by atoms with van der Waals surface area (Å²) in [4.78, 5) is 29.2. The van der Waals surface area contributed by atoms with Gasteiger partial charge in [-0.25, -0.2) is 4.79 Å². The van der Waals surface area contributed by atoms with Crippen LogP contribution >= 0.6 is 0 Å². The number of anilines is 1. The third kappa shape index (κ3) is 6.34. The lowest BCUT2D eigenvalue weighted by atomic mass is 10.1. The molecule has 2 aromatic carbocycles. The molecule has 0 aliphatic heterocycles. The molecule has 0 radical (unpaired) electrons. The average molecular weight is 404 g/mol. The molecular formula is C23H24N4O3. The molecule has 1 heterocycles. The van der Waals surface area contributed by atoms with Crippen molar-refractivity contribution in [2.24, 2.45) is 0 Å². The number of nitrogens with zero attached hydrogens (tertiary/aromatic N) is 1. The highest BCUT2D eigenvalue weighted by atomic mass is 16.5. The van der Waals surface area contributed by atoms with Gasteiger partial charge in [0.1, 0.15) is 11.8 Å². The first-order chi connectivity index (χ1) is 14.6. The molecule has 0 saturated carbocycles. The molecule has 3 rings (SSSR count). The van der Waals surface area contributed by atoms with Gasteiger partial charge >= 0.3 is 6.03 Å². The number of rotatable bonds is 8. The molecule has 1 aromatic heterocycles. The van der Waals surface area contributed by atoms with Crippen molar-refractivity contribution < 1.29 is 14.3 Å². The number of pyridine rings is 1. The summed E-state index contributed by atoms with van der Waals surface area (Å²) in [5, 5.41) is 8.39. The molecule has 0 aliphatic carbocycles. The number of amides is 3. The van der Waals surface area contributed by atoms with Crippen LogP contribution in [-0.2, 0) is 17.8 Å². The van der Waals surface area contributed by atoms with Gasteiger partial charge in [0.15, 0.2) is 0 Å². The van der Waals surface area contributed by atoms with Crippen LogP contribution in [-0.4, -0.2) is 30.1 Å². The molecule has 0 aliphatic rings. The molecule has 7 heteroatoms. The lowest BCUT2D eigenvalue weighted by Gasteiger charge is -2.19. The van der Waals surface area contributed by atoms with Crippen molar-refractivity contribution in [2.75, 3.05) is 12.4 Å². The first-order valence-electron chi connectivity index (χ1n) is 9.56. The molecule has 30 heavy (non-hydrogen) atoms. The fraction of sp³-hybridized carbons (Fsp3) is 0.174. The minimum Gasteiger partial charge on any atom is -0.497 e. The Labute approximate surface area is 175 Å². The summed E-state index contributed by atoms with van der Waals surface area (Å²) in [6, 6.07) is 19.2. The van der Waals surface area contributed by atoms with E-state index in [1.54, 1.807) is 31.6 Å². The number of hydrogen-bond acceptors (Lipinski definition) is 4. The second-order valence-corrected chi connectivity index (χ2v) is 6.64. The van der Waals surface area contributed by atoms with Crippen LogP contribution in [0.5, 0.6) is 5.75 Å². The van der Waals surface area contributed by atoms with Gasteiger partial charge in [-0.3, -0.25) is 9.78 Å². The van der Waals surface area contributed by atoms with E-state index in [1.165, 1.54) is 0 Å². The maximum Gasteiger partial charge on any atom is 0.315 e. The quantitative estimate of drug-likeness (QED) is 0.538. The first-order valence-corrected chi connectivity index (χ1v) is 9.56. The van der Waals surface area contributed by atoms with Crippen molar-refractivity contribution in [1.29, 1.82) is 0 Å². The van der Waals surface area contributed by atoms with E-state index in [-0.39, 0.29) is 5.91 Å². The summed E-state index contributed by atoms with van der Waals surface area (Å²) in [5.74, 6) is 0.448. The van der Waals surface area contributed by atoms with Crippen molar-refractivity contribution in [3.63, 3.8) is 0 Å². The van der Waals surface area contributed by atoms with Crippen molar-refractivity contribution in [3.05, 3.63) is 90.3 Å². The van der Waals surface area contributed by atoms with Crippen LogP contribution in [0.15, 0.2) is 79.1 Å². The van der Waals surface area contributed by atoms with Crippen molar-refractivity contribution in [3.8, 4) is 5.75 Å². The number of nitrogens with one attached hydrogen (secondary N) is 3. The van der Waals surface area contributed by atoms with Crippen LogP contribution in [0.1, 0.15) is 11.1 Å². The predicted octanol–water partition coefficient (Wildman–Crippen LogP) is 3.14. The number of carbonyl (C=O) groups excluding carboxylic acids is 2. The average Bonchev–Trinajstić information content (AvgIpc) is 2.79. The molecule has 0 bridgehead atoms. The molecule has 0 fully saturated rings. The van der Waals surface area contributed by atoms with Gasteiger partial charge < -0.3 is 20.7 Å². The summed E-state index contributed by atoms with van der Waals surface area (Å²) in [6.07, 6.45) is 3.56. The van der Waals surface area contributed by atoms with Gasteiger partial charge in [-0.15, -0.1) is 0 Å². The Balaban J connectivity index is 1.62. The maximum atomic E-state index is 12.8. The fourth-order valence-electron chi connectivity index (χ4n) is 2.86. The highest BCUT2D eigenvalue weighted by Gasteiger charge is 2.21. The standard InChI is InChI=1S/C23H24N4O3/c1-30-20-9-7-18(8-10-20)16-25-23(29)27-21(15-17-5-3-2-4-6-17)22(28)26-19-11-13-24-14-12-19/h2-14,21H,15-16H2,1H3,(H,24,26,28)(H2,25,27,29)/t21-/m0/s1. The fourth-order valence-corrected chi connectivity index (χ4v) is 2.86. The summed E-state index contributed by atoms with van der Waals surface area (Å²) >= 11 is 0. The SMILES string of the molecule is COc1ccc(CNC(=O)N[C@@H](Cc2ccccc2)C(=O)Nc2ccncc2)cc1. The van der Waals surface area contributed by atoms with E-state index < -0.39 is 12.1 Å². The molecule has 0 spiro atoms. The Kier molecular flexibility index (Phi) is 7.38. The third-order valence-corrected chi connectivity index (χ3v) is 4.46. The molecule has 154 valence electrons. The predicted molar refractivity (Wildman–Crippen MR) is 115 cm³/mol. The lowest BCUT2D eigenvalue weighted by molar-refractivity contribution is -0.117. The number of methoxy groups -OCH3 is 1. The minimum absolute atomic E-state index is 0.301. The molecular weight excluding hydrogens is 380 g/mol. The number of urea groups is 1. The summed E-state index contributed by atoms with van der Waals surface area (Å²) < 4.78 is 5.13. The summed E-state index contributed by atoms with van der Waals surface area (Å²) in [5.41, 5.74) is 2.49. The zero-order valence-electron chi connectivity index (χ0n) is 16.7. The largest absolute Gasteiger partial charge is 0.497 e. The van der Waals surface area contributed by atoms with Gasteiger partial charge in [-0.1, -0.05) is 42.5 Å². The van der Waals surface area contributed by atoms with E-state index in [0.717, 1.165) is 16.9 Å². The van der Waals surface area contributed by atoms with Gasteiger partial charge in [0, 0.05) is 31.0 Å². The monoisotopic (exact) mass is 404 g/mol. The van der Waals surface area contributed by atoms with Crippen LogP contribution in [0.25, 0.3) is 0 Å². The lowest BCUT2D eigenvalue weighted by Crippen LogP contribution is -2.49.